The Balaban J connectivity index is 1.94. The standard InChI is InChI=1S/C18H15Br3O4/c1-9-2-3-12(14(22)4-9)17(23)16(21)15(20)13-6-11(19)5-10-7-24-8-25-18(10)13/h2-6,15-16,22H,7-8H2,1H3/t15-,16-/m1/s1. The minimum Gasteiger partial charge on any atom is -0.507 e. The van der Waals surface area contributed by atoms with Gasteiger partial charge in [-0.15, -0.1) is 0 Å². The number of ether oxygens (including phenoxy) is 2. The summed E-state index contributed by atoms with van der Waals surface area (Å²) >= 11 is 10.6. The molecular weight excluding hydrogens is 520 g/mol. The van der Waals surface area contributed by atoms with Gasteiger partial charge in [0.05, 0.1) is 21.8 Å². The molecule has 2 aromatic rings. The Labute approximate surface area is 170 Å². The van der Waals surface area contributed by atoms with E-state index in [9.17, 15) is 9.90 Å². The molecule has 1 aliphatic rings. The molecule has 4 nitrogen and oxygen atoms in total. The Morgan fingerprint density at radius 1 is 1.24 bits per heavy atom. The Morgan fingerprint density at radius 3 is 2.72 bits per heavy atom. The molecule has 132 valence electrons. The van der Waals surface area contributed by atoms with Crippen LogP contribution in [0.2, 0.25) is 0 Å². The predicted molar refractivity (Wildman–Crippen MR) is 106 cm³/mol. The third kappa shape index (κ3) is 3.94. The van der Waals surface area contributed by atoms with E-state index in [2.05, 4.69) is 47.8 Å². The second-order valence-corrected chi connectivity index (χ2v) is 8.67. The van der Waals surface area contributed by atoms with Crippen LogP contribution in [-0.4, -0.2) is 22.5 Å². The average molecular weight is 535 g/mol. The van der Waals surface area contributed by atoms with Crippen molar-refractivity contribution < 1.29 is 19.4 Å². The molecule has 0 aromatic heterocycles. The summed E-state index contributed by atoms with van der Waals surface area (Å²) in [6.45, 7) is 2.50. The summed E-state index contributed by atoms with van der Waals surface area (Å²) in [6, 6.07) is 8.88. The molecule has 0 amide bonds. The molecule has 0 radical (unpaired) electrons. The highest BCUT2D eigenvalue weighted by Gasteiger charge is 2.31. The monoisotopic (exact) mass is 532 g/mol. The summed E-state index contributed by atoms with van der Waals surface area (Å²) in [4.78, 5) is 11.9. The van der Waals surface area contributed by atoms with Crippen LogP contribution in [0.15, 0.2) is 34.8 Å². The molecule has 2 atom stereocenters. The van der Waals surface area contributed by atoms with Gasteiger partial charge in [0.15, 0.2) is 12.6 Å². The highest BCUT2D eigenvalue weighted by molar-refractivity contribution is 9.12. The largest absolute Gasteiger partial charge is 0.507 e. The molecule has 0 spiro atoms. The van der Waals surface area contributed by atoms with Crippen LogP contribution in [0.3, 0.4) is 0 Å². The van der Waals surface area contributed by atoms with Crippen LogP contribution >= 0.6 is 47.8 Å². The first-order valence-corrected chi connectivity index (χ1v) is 10.2. The summed E-state index contributed by atoms with van der Waals surface area (Å²) in [7, 11) is 0. The highest BCUT2D eigenvalue weighted by atomic mass is 79.9. The number of ketones is 1. The van der Waals surface area contributed by atoms with Crippen molar-refractivity contribution in [2.24, 2.45) is 0 Å². The van der Waals surface area contributed by atoms with Crippen LogP contribution in [0.5, 0.6) is 11.5 Å². The lowest BCUT2D eigenvalue weighted by atomic mass is 9.98. The Bertz CT molecular complexity index is 822. The number of hydrogen-bond donors (Lipinski definition) is 1. The van der Waals surface area contributed by atoms with Gasteiger partial charge in [-0.05, 0) is 36.8 Å². The zero-order chi connectivity index (χ0) is 18.1. The smallest absolute Gasteiger partial charge is 0.189 e. The second-order valence-electron chi connectivity index (χ2n) is 5.78. The number of alkyl halides is 2. The number of rotatable bonds is 4. The van der Waals surface area contributed by atoms with Crippen LogP contribution in [0.4, 0.5) is 0 Å². The maximum absolute atomic E-state index is 12.8. The molecule has 1 aliphatic heterocycles. The predicted octanol–water partition coefficient (Wildman–Crippen LogP) is 5.41. The van der Waals surface area contributed by atoms with Crippen LogP contribution in [0, 0.1) is 6.92 Å². The number of hydrogen-bond acceptors (Lipinski definition) is 4. The fourth-order valence-corrected chi connectivity index (χ4v) is 4.34. The Hall–Kier alpha value is -0.890. The normalized spacial score (nSPS) is 15.8. The molecule has 1 heterocycles. The third-order valence-electron chi connectivity index (χ3n) is 3.93. The second kappa shape index (κ2) is 7.78. The van der Waals surface area contributed by atoms with Gasteiger partial charge in [0.1, 0.15) is 11.5 Å². The van der Waals surface area contributed by atoms with E-state index in [4.69, 9.17) is 9.47 Å². The van der Waals surface area contributed by atoms with Gasteiger partial charge in [-0.2, -0.15) is 0 Å². The number of phenols is 1. The maximum atomic E-state index is 12.8. The van der Waals surface area contributed by atoms with Crippen molar-refractivity contribution in [3.8, 4) is 11.5 Å². The van der Waals surface area contributed by atoms with E-state index in [0.717, 1.165) is 26.9 Å². The quantitative estimate of drug-likeness (QED) is 0.421. The van der Waals surface area contributed by atoms with E-state index in [1.807, 2.05) is 19.1 Å². The van der Waals surface area contributed by atoms with Crippen molar-refractivity contribution in [2.45, 2.75) is 23.2 Å². The van der Waals surface area contributed by atoms with Gasteiger partial charge in [-0.3, -0.25) is 4.79 Å². The van der Waals surface area contributed by atoms with Gasteiger partial charge >= 0.3 is 0 Å². The molecule has 7 heteroatoms. The summed E-state index contributed by atoms with van der Waals surface area (Å²) < 4.78 is 11.9. The zero-order valence-electron chi connectivity index (χ0n) is 13.3. The van der Waals surface area contributed by atoms with Crippen LogP contribution < -0.4 is 4.74 Å². The van der Waals surface area contributed by atoms with Gasteiger partial charge in [-0.1, -0.05) is 53.9 Å². The van der Waals surface area contributed by atoms with Crippen molar-refractivity contribution in [3.05, 3.63) is 57.1 Å². The van der Waals surface area contributed by atoms with E-state index >= 15 is 0 Å². The minimum absolute atomic E-state index is 0.0185. The highest BCUT2D eigenvalue weighted by Crippen LogP contribution is 2.43. The van der Waals surface area contributed by atoms with E-state index < -0.39 is 4.83 Å². The number of phenolic OH excluding ortho intramolecular Hbond substituents is 1. The number of aromatic hydroxyl groups is 1. The maximum Gasteiger partial charge on any atom is 0.189 e. The Kier molecular flexibility index (Phi) is 5.88. The lowest BCUT2D eigenvalue weighted by Crippen LogP contribution is -2.21. The SMILES string of the molecule is Cc1ccc(C(=O)[C@H](Br)[C@H](Br)c2cc(Br)cc3c2OCOC3)c(O)c1. The molecule has 0 saturated carbocycles. The fourth-order valence-electron chi connectivity index (χ4n) is 2.70. The first-order valence-electron chi connectivity index (χ1n) is 7.53. The van der Waals surface area contributed by atoms with E-state index in [1.165, 1.54) is 0 Å². The van der Waals surface area contributed by atoms with Gasteiger partial charge in [0.2, 0.25) is 0 Å². The molecule has 0 unspecified atom stereocenters. The molecule has 3 rings (SSSR count). The van der Waals surface area contributed by atoms with E-state index in [0.29, 0.717) is 6.61 Å². The Morgan fingerprint density at radius 2 is 2.00 bits per heavy atom. The van der Waals surface area contributed by atoms with Crippen molar-refractivity contribution in [3.63, 3.8) is 0 Å². The molecule has 0 bridgehead atoms. The van der Waals surface area contributed by atoms with Gasteiger partial charge < -0.3 is 14.6 Å². The minimum atomic E-state index is -0.578. The molecule has 0 aliphatic carbocycles. The number of halogens is 3. The van der Waals surface area contributed by atoms with Crippen molar-refractivity contribution in [1.82, 2.24) is 0 Å². The first kappa shape index (κ1) is 18.9. The van der Waals surface area contributed by atoms with Crippen LogP contribution in [0.25, 0.3) is 0 Å². The third-order valence-corrected chi connectivity index (χ3v) is 7.06. The number of Topliss-reactive ketones (excluding diaryl/α,β-unsaturated/α-hetero) is 1. The lowest BCUT2D eigenvalue weighted by Gasteiger charge is -2.25. The number of aryl methyl sites for hydroxylation is 1. The van der Waals surface area contributed by atoms with Crippen molar-refractivity contribution >= 4 is 53.6 Å². The molecule has 25 heavy (non-hydrogen) atoms. The number of carbonyl (C=O) groups excluding carboxylic acids is 1. The van der Waals surface area contributed by atoms with Crippen LogP contribution in [-0.2, 0) is 11.3 Å². The van der Waals surface area contributed by atoms with Crippen molar-refractivity contribution in [1.29, 1.82) is 0 Å². The van der Waals surface area contributed by atoms with Crippen molar-refractivity contribution in [2.75, 3.05) is 6.79 Å². The van der Waals surface area contributed by atoms with E-state index in [1.54, 1.807) is 18.2 Å². The summed E-state index contributed by atoms with van der Waals surface area (Å²) in [5.74, 6) is 0.497. The fraction of sp³-hybridized carbons (Fsp3) is 0.278. The van der Waals surface area contributed by atoms with E-state index in [-0.39, 0.29) is 28.7 Å². The average Bonchev–Trinajstić information content (AvgIpc) is 2.59. The topological polar surface area (TPSA) is 55.8 Å². The number of fused-ring (bicyclic) bond motifs is 1. The molecular formula is C18H15Br3O4. The summed E-state index contributed by atoms with van der Waals surface area (Å²) in [5, 5.41) is 10.1. The molecule has 0 saturated heterocycles. The zero-order valence-corrected chi connectivity index (χ0v) is 18.0. The summed E-state index contributed by atoms with van der Waals surface area (Å²) in [5.41, 5.74) is 2.94. The lowest BCUT2D eigenvalue weighted by molar-refractivity contribution is -0.0170. The van der Waals surface area contributed by atoms with Gasteiger partial charge in [0.25, 0.3) is 0 Å². The summed E-state index contributed by atoms with van der Waals surface area (Å²) in [6.07, 6.45) is 0. The van der Waals surface area contributed by atoms with Crippen LogP contribution in [0.1, 0.15) is 31.9 Å². The number of benzene rings is 2. The molecule has 0 fully saturated rings. The van der Waals surface area contributed by atoms with Gasteiger partial charge in [0, 0.05) is 15.6 Å². The van der Waals surface area contributed by atoms with Gasteiger partial charge in [-0.25, -0.2) is 0 Å². The number of carbonyl (C=O) groups is 1. The molecule has 2 aromatic carbocycles. The first-order chi connectivity index (χ1) is 11.9. The molecule has 1 N–H and O–H groups in total.